The van der Waals surface area contributed by atoms with Gasteiger partial charge in [-0.3, -0.25) is 4.79 Å². The van der Waals surface area contributed by atoms with Crippen molar-refractivity contribution in [1.29, 1.82) is 0 Å². The lowest BCUT2D eigenvalue weighted by Gasteiger charge is -2.06. The first kappa shape index (κ1) is 12.1. The van der Waals surface area contributed by atoms with E-state index in [0.29, 0.717) is 11.3 Å². The molecule has 0 bridgehead atoms. The number of carbonyl (C=O) groups is 1. The van der Waals surface area contributed by atoms with Gasteiger partial charge in [0.1, 0.15) is 11.4 Å². The summed E-state index contributed by atoms with van der Waals surface area (Å²) < 4.78 is 4.82. The predicted molar refractivity (Wildman–Crippen MR) is 67.9 cm³/mol. The van der Waals surface area contributed by atoms with Crippen molar-refractivity contribution in [2.75, 3.05) is 19.0 Å². The summed E-state index contributed by atoms with van der Waals surface area (Å²) in [6.45, 7) is 1.92. The highest BCUT2D eigenvalue weighted by molar-refractivity contribution is 5.96. The first-order valence-electron chi connectivity index (χ1n) is 5.54. The molecule has 2 heterocycles. The van der Waals surface area contributed by atoms with E-state index in [0.717, 1.165) is 5.39 Å². The summed E-state index contributed by atoms with van der Waals surface area (Å²) in [6, 6.07) is 3.23. The normalized spacial score (nSPS) is 10.3. The van der Waals surface area contributed by atoms with Gasteiger partial charge in [0.15, 0.2) is 0 Å². The smallest absolute Gasteiger partial charge is 0.343 e. The number of esters is 1. The molecule has 0 aromatic carbocycles. The molecule has 2 aromatic heterocycles. The maximum atomic E-state index is 11.8. The topological polar surface area (TPSA) is 84.1 Å². The van der Waals surface area contributed by atoms with Gasteiger partial charge in [-0.05, 0) is 19.1 Å². The Hall–Kier alpha value is -2.37. The van der Waals surface area contributed by atoms with Gasteiger partial charge in [0.05, 0.1) is 12.1 Å². The number of fused-ring (bicyclic) bond motifs is 1. The number of hydrogen-bond acceptors (Lipinski definition) is 5. The van der Waals surface area contributed by atoms with Crippen LogP contribution >= 0.6 is 0 Å². The van der Waals surface area contributed by atoms with E-state index in [-0.39, 0.29) is 12.2 Å². The van der Waals surface area contributed by atoms with Crippen LogP contribution in [0.15, 0.2) is 23.1 Å². The molecule has 0 aliphatic heterocycles. The number of carbonyl (C=O) groups excluding carboxylic acids is 1. The molecule has 2 aromatic rings. The minimum absolute atomic E-state index is 0.00222. The molecule has 2 N–H and O–H groups in total. The van der Waals surface area contributed by atoms with Crippen LogP contribution in [0.25, 0.3) is 10.9 Å². The second kappa shape index (κ2) is 4.87. The van der Waals surface area contributed by atoms with Crippen LogP contribution in [0.2, 0.25) is 0 Å². The lowest BCUT2D eigenvalue weighted by atomic mass is 10.2. The fraction of sp³-hybridized carbons (Fsp3) is 0.250. The van der Waals surface area contributed by atoms with Crippen LogP contribution < -0.4 is 10.9 Å². The van der Waals surface area contributed by atoms with Crippen LogP contribution in [-0.4, -0.2) is 29.6 Å². The van der Waals surface area contributed by atoms with E-state index in [1.807, 2.05) is 0 Å². The molecule has 0 radical (unpaired) electrons. The summed E-state index contributed by atoms with van der Waals surface area (Å²) >= 11 is 0. The lowest BCUT2D eigenvalue weighted by molar-refractivity contribution is 0.0524. The number of pyridine rings is 2. The van der Waals surface area contributed by atoms with Crippen molar-refractivity contribution in [3.05, 3.63) is 34.2 Å². The first-order valence-corrected chi connectivity index (χ1v) is 5.54. The van der Waals surface area contributed by atoms with Crippen molar-refractivity contribution in [3.8, 4) is 0 Å². The highest BCUT2D eigenvalue weighted by Crippen LogP contribution is 2.17. The molecule has 6 heteroatoms. The molecule has 0 saturated heterocycles. The van der Waals surface area contributed by atoms with Gasteiger partial charge in [0.25, 0.3) is 5.56 Å². The molecular weight excluding hydrogens is 234 g/mol. The first-order chi connectivity index (χ1) is 8.67. The van der Waals surface area contributed by atoms with Gasteiger partial charge in [-0.15, -0.1) is 0 Å². The number of aromatic amines is 1. The van der Waals surface area contributed by atoms with E-state index in [1.165, 1.54) is 6.07 Å². The molecule has 0 unspecified atom stereocenters. The second-order valence-electron chi connectivity index (χ2n) is 3.61. The number of anilines is 1. The Bertz CT molecular complexity index is 649. The van der Waals surface area contributed by atoms with Gasteiger partial charge in [0, 0.05) is 18.6 Å². The van der Waals surface area contributed by atoms with Gasteiger partial charge in [-0.1, -0.05) is 0 Å². The molecular formula is C12H13N3O3. The largest absolute Gasteiger partial charge is 0.462 e. The molecule has 94 valence electrons. The maximum Gasteiger partial charge on any atom is 0.343 e. The Balaban J connectivity index is 2.63. The highest BCUT2D eigenvalue weighted by Gasteiger charge is 2.13. The summed E-state index contributed by atoms with van der Waals surface area (Å²) in [6.07, 6.45) is 1.60. The Morgan fingerprint density at radius 2 is 2.33 bits per heavy atom. The van der Waals surface area contributed by atoms with E-state index in [4.69, 9.17) is 4.74 Å². The maximum absolute atomic E-state index is 11.8. The third-order valence-corrected chi connectivity index (χ3v) is 2.50. The Kier molecular flexibility index (Phi) is 3.27. The third kappa shape index (κ3) is 2.04. The van der Waals surface area contributed by atoms with E-state index in [9.17, 15) is 9.59 Å². The molecule has 6 nitrogen and oxygen atoms in total. The molecule has 0 aliphatic rings. The van der Waals surface area contributed by atoms with Crippen LogP contribution in [0.4, 0.5) is 5.82 Å². The summed E-state index contributed by atoms with van der Waals surface area (Å²) in [7, 11) is 1.71. The number of ether oxygens (including phenoxy) is 1. The van der Waals surface area contributed by atoms with Crippen LogP contribution in [0, 0.1) is 0 Å². The molecule has 0 saturated carbocycles. The van der Waals surface area contributed by atoms with Gasteiger partial charge in [-0.25, -0.2) is 9.78 Å². The zero-order valence-corrected chi connectivity index (χ0v) is 10.1. The van der Waals surface area contributed by atoms with E-state index < -0.39 is 11.5 Å². The number of rotatable bonds is 3. The van der Waals surface area contributed by atoms with Crippen LogP contribution in [0.5, 0.6) is 0 Å². The number of H-pyrrole nitrogens is 1. The zero-order valence-electron chi connectivity index (χ0n) is 10.1. The average molecular weight is 247 g/mol. The number of nitrogens with zero attached hydrogens (tertiary/aromatic N) is 1. The van der Waals surface area contributed by atoms with E-state index in [1.54, 1.807) is 26.2 Å². The van der Waals surface area contributed by atoms with Crippen molar-refractivity contribution in [2.24, 2.45) is 0 Å². The molecule has 2 rings (SSSR count). The summed E-state index contributed by atoms with van der Waals surface area (Å²) in [5.74, 6) is -0.0662. The van der Waals surface area contributed by atoms with Crippen LogP contribution in [0.1, 0.15) is 17.3 Å². The van der Waals surface area contributed by atoms with Crippen molar-refractivity contribution < 1.29 is 9.53 Å². The SMILES string of the molecule is CCOC(=O)c1cc2ccnc(NC)c2[nH]c1=O. The third-order valence-electron chi connectivity index (χ3n) is 2.50. The van der Waals surface area contributed by atoms with Gasteiger partial charge < -0.3 is 15.0 Å². The summed E-state index contributed by atoms with van der Waals surface area (Å²) in [4.78, 5) is 30.1. The fourth-order valence-corrected chi connectivity index (χ4v) is 1.68. The Labute approximate surface area is 103 Å². The molecule has 0 aliphatic carbocycles. The quantitative estimate of drug-likeness (QED) is 0.794. The minimum atomic E-state index is -0.622. The molecule has 0 fully saturated rings. The van der Waals surface area contributed by atoms with E-state index in [2.05, 4.69) is 15.3 Å². The van der Waals surface area contributed by atoms with Crippen molar-refractivity contribution in [3.63, 3.8) is 0 Å². The molecule has 18 heavy (non-hydrogen) atoms. The predicted octanol–water partition coefficient (Wildman–Crippen LogP) is 1.14. The average Bonchev–Trinajstić information content (AvgIpc) is 2.37. The van der Waals surface area contributed by atoms with Crippen molar-refractivity contribution in [1.82, 2.24) is 9.97 Å². The fourth-order valence-electron chi connectivity index (χ4n) is 1.68. The Morgan fingerprint density at radius 1 is 1.56 bits per heavy atom. The van der Waals surface area contributed by atoms with Crippen LogP contribution in [0.3, 0.4) is 0 Å². The van der Waals surface area contributed by atoms with Gasteiger partial charge in [0.2, 0.25) is 0 Å². The standard InChI is InChI=1S/C12H13N3O3/c1-3-18-12(17)8-6-7-4-5-14-10(13-2)9(7)15-11(8)16/h4-6H,3H2,1-2H3,(H,13,14)(H,15,16). The van der Waals surface area contributed by atoms with Crippen molar-refractivity contribution >= 4 is 22.7 Å². The lowest BCUT2D eigenvalue weighted by Crippen LogP contribution is -2.20. The van der Waals surface area contributed by atoms with Gasteiger partial charge >= 0.3 is 5.97 Å². The Morgan fingerprint density at radius 3 is 3.00 bits per heavy atom. The number of hydrogen-bond donors (Lipinski definition) is 2. The minimum Gasteiger partial charge on any atom is -0.462 e. The monoisotopic (exact) mass is 247 g/mol. The molecule has 0 amide bonds. The summed E-state index contributed by atoms with van der Waals surface area (Å²) in [5.41, 5.74) is 0.0844. The number of aromatic nitrogens is 2. The van der Waals surface area contributed by atoms with Crippen molar-refractivity contribution in [2.45, 2.75) is 6.92 Å². The van der Waals surface area contributed by atoms with Gasteiger partial charge in [-0.2, -0.15) is 0 Å². The summed E-state index contributed by atoms with van der Waals surface area (Å²) in [5, 5.41) is 3.59. The van der Waals surface area contributed by atoms with Crippen LogP contribution in [-0.2, 0) is 4.74 Å². The molecule has 0 atom stereocenters. The number of nitrogens with one attached hydrogen (secondary N) is 2. The second-order valence-corrected chi connectivity index (χ2v) is 3.61. The molecule has 0 spiro atoms. The highest BCUT2D eigenvalue weighted by atomic mass is 16.5. The van der Waals surface area contributed by atoms with E-state index >= 15 is 0 Å². The zero-order chi connectivity index (χ0) is 13.1.